The van der Waals surface area contributed by atoms with Gasteiger partial charge < -0.3 is 9.72 Å². The molecular weight excluding hydrogens is 263 g/mol. The molecule has 2 rings (SSSR count). The van der Waals surface area contributed by atoms with E-state index >= 15 is 0 Å². The van der Waals surface area contributed by atoms with Gasteiger partial charge in [0.05, 0.1) is 19.1 Å². The second kappa shape index (κ2) is 4.81. The highest BCUT2D eigenvalue weighted by atomic mass is 35.5. The van der Waals surface area contributed by atoms with Crippen molar-refractivity contribution in [3.05, 3.63) is 40.0 Å². The van der Waals surface area contributed by atoms with Gasteiger partial charge in [-0.25, -0.2) is 9.37 Å². The van der Waals surface area contributed by atoms with Crippen LogP contribution < -0.4 is 4.74 Å². The first-order chi connectivity index (χ1) is 8.13. The molecule has 0 radical (unpaired) electrons. The zero-order chi connectivity index (χ0) is 12.4. The molecule has 17 heavy (non-hydrogen) atoms. The molecule has 0 saturated heterocycles. The Kier molecular flexibility index (Phi) is 3.40. The maximum atomic E-state index is 13.8. The summed E-state index contributed by atoms with van der Waals surface area (Å²) in [6.45, 7) is 0. The van der Waals surface area contributed by atoms with Gasteiger partial charge in [-0.05, 0) is 18.2 Å². The number of halogens is 2. The number of benzene rings is 1. The fourth-order valence-corrected chi connectivity index (χ4v) is 1.78. The van der Waals surface area contributed by atoms with Crippen molar-refractivity contribution in [2.24, 2.45) is 0 Å². The number of H-pyrrole nitrogens is 1. The number of nitrogens with zero attached hydrogens (tertiary/aromatic N) is 1. The molecule has 0 fully saturated rings. The Morgan fingerprint density at radius 3 is 2.94 bits per heavy atom. The van der Waals surface area contributed by atoms with Crippen molar-refractivity contribution in [3.63, 3.8) is 0 Å². The lowest BCUT2D eigenvalue weighted by Crippen LogP contribution is -1.95. The van der Waals surface area contributed by atoms with Crippen molar-refractivity contribution in [2.75, 3.05) is 7.11 Å². The lowest BCUT2D eigenvalue weighted by Gasteiger charge is -2.09. The average molecular weight is 271 g/mol. The molecule has 1 heterocycles. The van der Waals surface area contributed by atoms with Gasteiger partial charge in [-0.3, -0.25) is 0 Å². The zero-order valence-electron chi connectivity index (χ0n) is 8.83. The van der Waals surface area contributed by atoms with E-state index in [0.717, 1.165) is 0 Å². The summed E-state index contributed by atoms with van der Waals surface area (Å²) in [6.07, 6.45) is 1.33. The van der Waals surface area contributed by atoms with Gasteiger partial charge in [0, 0.05) is 10.6 Å². The molecule has 6 heteroatoms. The maximum absolute atomic E-state index is 13.8. The summed E-state index contributed by atoms with van der Waals surface area (Å²) in [6, 6.07) is 4.93. The highest BCUT2D eigenvalue weighted by Gasteiger charge is 2.13. The first-order valence-electron chi connectivity index (χ1n) is 4.70. The molecule has 0 spiro atoms. The molecule has 0 unspecified atom stereocenters. The van der Waals surface area contributed by atoms with Crippen molar-refractivity contribution in [1.29, 1.82) is 0 Å². The summed E-state index contributed by atoms with van der Waals surface area (Å²) in [5.41, 5.74) is 0.718. The monoisotopic (exact) mass is 270 g/mol. The second-order valence-electron chi connectivity index (χ2n) is 3.24. The Morgan fingerprint density at radius 2 is 2.24 bits per heavy atom. The van der Waals surface area contributed by atoms with Gasteiger partial charge in [0.25, 0.3) is 0 Å². The van der Waals surface area contributed by atoms with E-state index in [0.29, 0.717) is 16.3 Å². The smallest absolute Gasteiger partial charge is 0.184 e. The van der Waals surface area contributed by atoms with Crippen LogP contribution in [0, 0.1) is 10.5 Å². The molecule has 0 aliphatic heterocycles. The molecule has 0 saturated carbocycles. The van der Waals surface area contributed by atoms with E-state index < -0.39 is 5.82 Å². The number of methoxy groups -OCH3 is 1. The minimum Gasteiger partial charge on any atom is -0.496 e. The molecular formula is C11H8ClFN2OS. The summed E-state index contributed by atoms with van der Waals surface area (Å²) < 4.78 is 18.9. The lowest BCUT2D eigenvalue weighted by atomic mass is 10.1. The molecule has 2 aromatic rings. The predicted octanol–water partition coefficient (Wildman–Crippen LogP) is 3.61. The molecule has 0 aliphatic rings. The van der Waals surface area contributed by atoms with E-state index in [9.17, 15) is 4.39 Å². The first-order valence-corrected chi connectivity index (χ1v) is 5.49. The highest BCUT2D eigenvalue weighted by molar-refractivity contribution is 7.71. The van der Waals surface area contributed by atoms with Crippen LogP contribution >= 0.6 is 23.8 Å². The number of hydrogen-bond acceptors (Lipinski definition) is 3. The van der Waals surface area contributed by atoms with Crippen LogP contribution in [0.3, 0.4) is 0 Å². The molecule has 0 atom stereocenters. The maximum Gasteiger partial charge on any atom is 0.184 e. The van der Waals surface area contributed by atoms with Crippen molar-refractivity contribution in [3.8, 4) is 17.0 Å². The predicted molar refractivity (Wildman–Crippen MR) is 66.4 cm³/mol. The summed E-state index contributed by atoms with van der Waals surface area (Å²) in [7, 11) is 1.50. The summed E-state index contributed by atoms with van der Waals surface area (Å²) in [5.74, 6) is -0.0896. The van der Waals surface area contributed by atoms with Crippen LogP contribution in [0.2, 0.25) is 5.02 Å². The number of aromatic nitrogens is 2. The van der Waals surface area contributed by atoms with E-state index in [1.165, 1.54) is 13.4 Å². The second-order valence-corrected chi connectivity index (χ2v) is 4.06. The van der Waals surface area contributed by atoms with E-state index in [1.807, 2.05) is 0 Å². The zero-order valence-corrected chi connectivity index (χ0v) is 10.4. The van der Waals surface area contributed by atoms with E-state index in [1.54, 1.807) is 18.2 Å². The molecule has 88 valence electrons. The van der Waals surface area contributed by atoms with Gasteiger partial charge in [-0.15, -0.1) is 0 Å². The highest BCUT2D eigenvalue weighted by Crippen LogP contribution is 2.32. The average Bonchev–Trinajstić information content (AvgIpc) is 2.33. The third-order valence-electron chi connectivity index (χ3n) is 2.23. The third kappa shape index (κ3) is 2.30. The lowest BCUT2D eigenvalue weighted by molar-refractivity contribution is 0.416. The summed E-state index contributed by atoms with van der Waals surface area (Å²) in [5, 5.41) is 0.483. The van der Waals surface area contributed by atoms with Gasteiger partial charge >= 0.3 is 0 Å². The molecule has 1 aromatic carbocycles. The largest absolute Gasteiger partial charge is 0.496 e. The minimum atomic E-state index is -0.594. The SMILES string of the molecule is COc1ccc(Cl)cc1-c1[nH]cnc(=S)c1F. The fourth-order valence-electron chi connectivity index (χ4n) is 1.45. The van der Waals surface area contributed by atoms with Gasteiger partial charge in [0.1, 0.15) is 5.75 Å². The molecule has 1 N–H and O–H groups in total. The van der Waals surface area contributed by atoms with Crippen LogP contribution in [0.1, 0.15) is 0 Å². The van der Waals surface area contributed by atoms with Crippen molar-refractivity contribution in [2.45, 2.75) is 0 Å². The Bertz CT molecular complexity index is 615. The Morgan fingerprint density at radius 1 is 1.47 bits per heavy atom. The van der Waals surface area contributed by atoms with Crippen LogP contribution in [0.15, 0.2) is 24.5 Å². The first kappa shape index (κ1) is 12.0. The Labute approximate surface area is 107 Å². The number of hydrogen-bond donors (Lipinski definition) is 1. The number of ether oxygens (including phenoxy) is 1. The van der Waals surface area contributed by atoms with Crippen LogP contribution in [-0.2, 0) is 0 Å². The topological polar surface area (TPSA) is 37.9 Å². The van der Waals surface area contributed by atoms with Crippen molar-refractivity contribution >= 4 is 23.8 Å². The Hall–Kier alpha value is -1.46. The fraction of sp³-hybridized carbons (Fsp3) is 0.0909. The quantitative estimate of drug-likeness (QED) is 0.847. The Balaban J connectivity index is 2.71. The third-order valence-corrected chi connectivity index (χ3v) is 2.75. The molecule has 0 bridgehead atoms. The van der Waals surface area contributed by atoms with Crippen LogP contribution in [0.5, 0.6) is 5.75 Å². The molecule has 0 aliphatic carbocycles. The van der Waals surface area contributed by atoms with Crippen LogP contribution in [0.4, 0.5) is 4.39 Å². The standard InChI is InChI=1S/C11H8ClFN2OS/c1-16-8-3-2-6(12)4-7(8)10-9(13)11(17)15-5-14-10/h2-5H,1H3,(H,14,15,17). The minimum absolute atomic E-state index is 0.0965. The number of rotatable bonds is 2. The summed E-state index contributed by atoms with van der Waals surface area (Å²) >= 11 is 10.7. The van der Waals surface area contributed by atoms with Gasteiger partial charge in [-0.2, -0.15) is 0 Å². The summed E-state index contributed by atoms with van der Waals surface area (Å²) in [4.78, 5) is 6.36. The normalized spacial score (nSPS) is 10.3. The van der Waals surface area contributed by atoms with Gasteiger partial charge in [-0.1, -0.05) is 23.8 Å². The van der Waals surface area contributed by atoms with E-state index in [4.69, 9.17) is 28.6 Å². The van der Waals surface area contributed by atoms with Gasteiger partial charge in [0.15, 0.2) is 10.5 Å². The van der Waals surface area contributed by atoms with Crippen LogP contribution in [-0.4, -0.2) is 17.1 Å². The van der Waals surface area contributed by atoms with Gasteiger partial charge in [0.2, 0.25) is 0 Å². The van der Waals surface area contributed by atoms with Crippen molar-refractivity contribution in [1.82, 2.24) is 9.97 Å². The van der Waals surface area contributed by atoms with E-state index in [2.05, 4.69) is 9.97 Å². The van der Waals surface area contributed by atoms with E-state index in [-0.39, 0.29) is 10.3 Å². The van der Waals surface area contributed by atoms with Crippen LogP contribution in [0.25, 0.3) is 11.3 Å². The molecule has 3 nitrogen and oxygen atoms in total. The number of nitrogens with one attached hydrogen (secondary N) is 1. The number of aromatic amines is 1. The molecule has 0 amide bonds. The molecule has 1 aromatic heterocycles. The van der Waals surface area contributed by atoms with Crippen molar-refractivity contribution < 1.29 is 9.13 Å².